The van der Waals surface area contributed by atoms with Crippen molar-refractivity contribution in [3.8, 4) is 11.5 Å². The Kier molecular flexibility index (Phi) is 2.27. The molecule has 0 heterocycles. The summed E-state index contributed by atoms with van der Waals surface area (Å²) in [5, 5.41) is 9.92. The van der Waals surface area contributed by atoms with Gasteiger partial charge in [-0.15, -0.1) is 0 Å². The van der Waals surface area contributed by atoms with E-state index in [0.29, 0.717) is 23.3 Å². The van der Waals surface area contributed by atoms with Crippen molar-refractivity contribution in [2.45, 2.75) is 37.5 Å². The Bertz CT molecular complexity index is 409. The third-order valence-electron chi connectivity index (χ3n) is 3.40. The van der Waals surface area contributed by atoms with Crippen molar-refractivity contribution in [1.29, 1.82) is 0 Å². The molecule has 3 heteroatoms. The van der Waals surface area contributed by atoms with Gasteiger partial charge in [0, 0.05) is 11.1 Å². The first-order valence-corrected chi connectivity index (χ1v) is 5.85. The number of benzene rings is 1. The van der Waals surface area contributed by atoms with Gasteiger partial charge in [-0.25, -0.2) is 4.39 Å². The highest BCUT2D eigenvalue weighted by Gasteiger charge is 2.31. The van der Waals surface area contributed by atoms with Gasteiger partial charge in [-0.2, -0.15) is 0 Å². The van der Waals surface area contributed by atoms with E-state index in [4.69, 9.17) is 4.74 Å². The fraction of sp³-hybridized carbons (Fsp3) is 0.538. The van der Waals surface area contributed by atoms with Gasteiger partial charge in [0.1, 0.15) is 11.5 Å². The van der Waals surface area contributed by atoms with E-state index >= 15 is 0 Å². The van der Waals surface area contributed by atoms with Crippen LogP contribution in [-0.2, 0) is 0 Å². The zero-order valence-electron chi connectivity index (χ0n) is 9.08. The molecule has 2 saturated carbocycles. The number of phenolic OH excluding ortho intramolecular Hbond substituents is 1. The fourth-order valence-corrected chi connectivity index (χ4v) is 2.22. The average Bonchev–Trinajstić information content (AvgIpc) is 3.15. The monoisotopic (exact) mass is 222 g/mol. The summed E-state index contributed by atoms with van der Waals surface area (Å²) in [6.07, 6.45) is 4.46. The molecule has 0 saturated heterocycles. The Hall–Kier alpha value is -1.25. The second kappa shape index (κ2) is 3.65. The highest BCUT2D eigenvalue weighted by Crippen LogP contribution is 2.50. The third-order valence-corrected chi connectivity index (χ3v) is 3.40. The second-order valence-corrected chi connectivity index (χ2v) is 4.75. The quantitative estimate of drug-likeness (QED) is 0.845. The summed E-state index contributed by atoms with van der Waals surface area (Å²) in [6, 6.07) is 3.61. The largest absolute Gasteiger partial charge is 0.508 e. The molecule has 2 aliphatic carbocycles. The number of rotatable bonds is 4. The van der Waals surface area contributed by atoms with Crippen LogP contribution in [0.2, 0.25) is 0 Å². The molecular formula is C13H15FO2. The molecule has 0 radical (unpaired) electrons. The van der Waals surface area contributed by atoms with Crippen molar-refractivity contribution >= 4 is 0 Å². The lowest BCUT2D eigenvalue weighted by atomic mass is 10.0. The second-order valence-electron chi connectivity index (χ2n) is 4.75. The minimum Gasteiger partial charge on any atom is -0.508 e. The van der Waals surface area contributed by atoms with Crippen LogP contribution in [-0.4, -0.2) is 12.0 Å². The topological polar surface area (TPSA) is 29.5 Å². The Labute approximate surface area is 94.0 Å². The predicted octanol–water partition coefficient (Wildman–Crippen LogP) is 3.45. The Morgan fingerprint density at radius 3 is 2.31 bits per heavy atom. The number of ether oxygens (including phenoxy) is 1. The Morgan fingerprint density at radius 1 is 1.12 bits per heavy atom. The first-order chi connectivity index (χ1) is 7.79. The van der Waals surface area contributed by atoms with Gasteiger partial charge in [0.25, 0.3) is 0 Å². The average molecular weight is 222 g/mol. The number of hydrogen-bond donors (Lipinski definition) is 1. The minimum absolute atomic E-state index is 0.357. The van der Waals surface area contributed by atoms with Crippen molar-refractivity contribution in [3.63, 3.8) is 0 Å². The molecule has 0 atom stereocenters. The standard InChI is InChI=1S/C13H15FO2/c14-7-16-13-6-10(8-1-2-8)12(15)5-11(13)9-3-4-9/h5-6,8-9,15H,1-4,7H2. The summed E-state index contributed by atoms with van der Waals surface area (Å²) in [5.74, 6) is 1.90. The lowest BCUT2D eigenvalue weighted by Gasteiger charge is -2.12. The van der Waals surface area contributed by atoms with Crippen LogP contribution in [0.4, 0.5) is 4.39 Å². The molecule has 2 fully saturated rings. The summed E-state index contributed by atoms with van der Waals surface area (Å²) >= 11 is 0. The van der Waals surface area contributed by atoms with E-state index in [0.717, 1.165) is 36.8 Å². The van der Waals surface area contributed by atoms with Crippen molar-refractivity contribution in [2.24, 2.45) is 0 Å². The zero-order chi connectivity index (χ0) is 11.1. The van der Waals surface area contributed by atoms with Gasteiger partial charge in [-0.05, 0) is 49.7 Å². The number of halogens is 1. The molecule has 1 aromatic carbocycles. The van der Waals surface area contributed by atoms with Gasteiger partial charge in [0.05, 0.1) is 0 Å². The number of aromatic hydroxyl groups is 1. The van der Waals surface area contributed by atoms with E-state index in [-0.39, 0.29) is 0 Å². The van der Waals surface area contributed by atoms with Crippen LogP contribution in [0.1, 0.15) is 48.6 Å². The highest BCUT2D eigenvalue weighted by molar-refractivity contribution is 5.51. The summed E-state index contributed by atoms with van der Waals surface area (Å²) in [7, 11) is 0. The third kappa shape index (κ3) is 1.75. The normalized spacial score (nSPS) is 19.8. The van der Waals surface area contributed by atoms with Crippen LogP contribution in [0.25, 0.3) is 0 Å². The van der Waals surface area contributed by atoms with Crippen molar-refractivity contribution in [2.75, 3.05) is 6.86 Å². The summed E-state index contributed by atoms with van der Waals surface area (Å²) < 4.78 is 17.3. The number of phenols is 1. The van der Waals surface area contributed by atoms with Gasteiger partial charge < -0.3 is 9.84 Å². The van der Waals surface area contributed by atoms with Crippen LogP contribution in [0.3, 0.4) is 0 Å². The SMILES string of the molecule is Oc1cc(C2CC2)c(OCF)cc1C1CC1. The lowest BCUT2D eigenvalue weighted by molar-refractivity contribution is 0.189. The molecule has 2 aliphatic rings. The molecular weight excluding hydrogens is 207 g/mol. The predicted molar refractivity (Wildman–Crippen MR) is 58.7 cm³/mol. The van der Waals surface area contributed by atoms with Crippen molar-refractivity contribution < 1.29 is 14.2 Å². The van der Waals surface area contributed by atoms with Gasteiger partial charge in [-0.3, -0.25) is 0 Å². The maximum atomic E-state index is 12.3. The van der Waals surface area contributed by atoms with Crippen molar-refractivity contribution in [1.82, 2.24) is 0 Å². The van der Waals surface area contributed by atoms with Crippen molar-refractivity contribution in [3.05, 3.63) is 23.3 Å². The zero-order valence-corrected chi connectivity index (χ0v) is 9.08. The Balaban J connectivity index is 1.99. The van der Waals surface area contributed by atoms with E-state index in [1.165, 1.54) is 0 Å². The lowest BCUT2D eigenvalue weighted by Crippen LogP contribution is -1.96. The molecule has 2 nitrogen and oxygen atoms in total. The molecule has 16 heavy (non-hydrogen) atoms. The Morgan fingerprint density at radius 2 is 1.75 bits per heavy atom. The molecule has 0 bridgehead atoms. The summed E-state index contributed by atoms with van der Waals surface area (Å²) in [5.41, 5.74) is 1.90. The van der Waals surface area contributed by atoms with E-state index in [9.17, 15) is 9.50 Å². The highest BCUT2D eigenvalue weighted by atomic mass is 19.1. The maximum Gasteiger partial charge on any atom is 0.228 e. The van der Waals surface area contributed by atoms with Gasteiger partial charge in [0.2, 0.25) is 6.86 Å². The smallest absolute Gasteiger partial charge is 0.228 e. The molecule has 1 N–H and O–H groups in total. The molecule has 0 aliphatic heterocycles. The van der Waals surface area contributed by atoms with E-state index < -0.39 is 6.86 Å². The summed E-state index contributed by atoms with van der Waals surface area (Å²) in [6.45, 7) is -0.797. The van der Waals surface area contributed by atoms with Crippen LogP contribution in [0.5, 0.6) is 11.5 Å². The minimum atomic E-state index is -0.797. The molecule has 0 spiro atoms. The van der Waals surface area contributed by atoms with E-state index in [1.807, 2.05) is 6.07 Å². The van der Waals surface area contributed by atoms with Crippen LogP contribution < -0.4 is 4.74 Å². The van der Waals surface area contributed by atoms with Gasteiger partial charge >= 0.3 is 0 Å². The van der Waals surface area contributed by atoms with Gasteiger partial charge in [0.15, 0.2) is 0 Å². The fourth-order valence-electron chi connectivity index (χ4n) is 2.22. The van der Waals surface area contributed by atoms with Crippen LogP contribution >= 0.6 is 0 Å². The van der Waals surface area contributed by atoms with E-state index in [2.05, 4.69) is 0 Å². The summed E-state index contributed by atoms with van der Waals surface area (Å²) in [4.78, 5) is 0. The van der Waals surface area contributed by atoms with Crippen LogP contribution in [0.15, 0.2) is 12.1 Å². The molecule has 0 aromatic heterocycles. The maximum absolute atomic E-state index is 12.3. The molecule has 0 amide bonds. The molecule has 3 rings (SSSR count). The first-order valence-electron chi connectivity index (χ1n) is 5.85. The van der Waals surface area contributed by atoms with Gasteiger partial charge in [-0.1, -0.05) is 0 Å². The number of alkyl halides is 1. The molecule has 1 aromatic rings. The first kappa shape index (κ1) is 9.94. The van der Waals surface area contributed by atoms with Crippen LogP contribution in [0, 0.1) is 0 Å². The molecule has 0 unspecified atom stereocenters. The number of hydrogen-bond acceptors (Lipinski definition) is 2. The molecule has 86 valence electrons. The van der Waals surface area contributed by atoms with E-state index in [1.54, 1.807) is 6.07 Å².